The SMILES string of the molecule is NCc1nc(CN2CCS(=O)CC2)cs1. The van der Waals surface area contributed by atoms with Crippen molar-refractivity contribution in [2.75, 3.05) is 24.6 Å². The van der Waals surface area contributed by atoms with E-state index in [1.807, 2.05) is 0 Å². The van der Waals surface area contributed by atoms with Crippen LogP contribution in [0.2, 0.25) is 0 Å². The summed E-state index contributed by atoms with van der Waals surface area (Å²) < 4.78 is 11.2. The Morgan fingerprint density at radius 1 is 1.53 bits per heavy atom. The molecule has 0 aliphatic carbocycles. The molecule has 4 nitrogen and oxygen atoms in total. The molecule has 2 heterocycles. The minimum atomic E-state index is -0.595. The summed E-state index contributed by atoms with van der Waals surface area (Å²) in [5.74, 6) is 1.60. The van der Waals surface area contributed by atoms with Gasteiger partial charge in [0.05, 0.1) is 5.69 Å². The van der Waals surface area contributed by atoms with Crippen molar-refractivity contribution in [2.45, 2.75) is 13.1 Å². The molecule has 0 spiro atoms. The van der Waals surface area contributed by atoms with Crippen molar-refractivity contribution in [2.24, 2.45) is 5.73 Å². The highest BCUT2D eigenvalue weighted by Crippen LogP contribution is 2.12. The Morgan fingerprint density at radius 3 is 2.87 bits per heavy atom. The van der Waals surface area contributed by atoms with E-state index in [0.717, 1.165) is 41.8 Å². The van der Waals surface area contributed by atoms with Crippen LogP contribution in [0.15, 0.2) is 5.38 Å². The van der Waals surface area contributed by atoms with E-state index in [2.05, 4.69) is 15.3 Å². The molecule has 1 aliphatic heterocycles. The lowest BCUT2D eigenvalue weighted by atomic mass is 10.4. The Balaban J connectivity index is 1.88. The number of nitrogens with two attached hydrogens (primary N) is 1. The summed E-state index contributed by atoms with van der Waals surface area (Å²) in [5.41, 5.74) is 6.60. The summed E-state index contributed by atoms with van der Waals surface area (Å²) in [6.07, 6.45) is 0. The highest BCUT2D eigenvalue weighted by Gasteiger charge is 2.15. The molecule has 0 radical (unpaired) electrons. The highest BCUT2D eigenvalue weighted by molar-refractivity contribution is 7.85. The Kier molecular flexibility index (Phi) is 3.85. The van der Waals surface area contributed by atoms with Gasteiger partial charge in [-0.1, -0.05) is 0 Å². The molecule has 15 heavy (non-hydrogen) atoms. The van der Waals surface area contributed by atoms with Gasteiger partial charge < -0.3 is 5.73 Å². The number of hydrogen-bond donors (Lipinski definition) is 1. The van der Waals surface area contributed by atoms with Crippen LogP contribution in [-0.2, 0) is 23.9 Å². The lowest BCUT2D eigenvalue weighted by Crippen LogP contribution is -2.37. The fourth-order valence-electron chi connectivity index (χ4n) is 1.58. The van der Waals surface area contributed by atoms with Crippen LogP contribution >= 0.6 is 11.3 Å². The molecular formula is C9H15N3OS2. The number of aromatic nitrogens is 1. The smallest absolute Gasteiger partial charge is 0.106 e. The predicted molar refractivity (Wildman–Crippen MR) is 63.2 cm³/mol. The summed E-state index contributed by atoms with van der Waals surface area (Å²) in [5, 5.41) is 3.05. The molecule has 0 amide bonds. The first kappa shape index (κ1) is 11.2. The normalized spacial score (nSPS) is 19.5. The molecule has 1 fully saturated rings. The van der Waals surface area contributed by atoms with Crippen molar-refractivity contribution >= 4 is 22.1 Å². The molecule has 84 valence electrons. The Morgan fingerprint density at radius 2 is 2.27 bits per heavy atom. The number of rotatable bonds is 3. The van der Waals surface area contributed by atoms with Crippen LogP contribution in [0.25, 0.3) is 0 Å². The van der Waals surface area contributed by atoms with Gasteiger partial charge in [-0.15, -0.1) is 11.3 Å². The molecule has 1 aromatic heterocycles. The van der Waals surface area contributed by atoms with E-state index in [1.54, 1.807) is 11.3 Å². The quantitative estimate of drug-likeness (QED) is 0.824. The van der Waals surface area contributed by atoms with Crippen LogP contribution in [0.5, 0.6) is 0 Å². The van der Waals surface area contributed by atoms with Crippen molar-refractivity contribution in [3.63, 3.8) is 0 Å². The largest absolute Gasteiger partial charge is 0.325 e. The van der Waals surface area contributed by atoms with Crippen LogP contribution in [-0.4, -0.2) is 38.7 Å². The molecule has 1 aromatic rings. The molecule has 0 aromatic carbocycles. The summed E-state index contributed by atoms with van der Waals surface area (Å²) in [6, 6.07) is 0. The maximum absolute atomic E-state index is 11.2. The molecule has 2 N–H and O–H groups in total. The van der Waals surface area contributed by atoms with E-state index in [0.29, 0.717) is 6.54 Å². The molecule has 0 atom stereocenters. The Bertz CT molecular complexity index is 343. The Labute approximate surface area is 95.9 Å². The Hall–Kier alpha value is -0.300. The minimum Gasteiger partial charge on any atom is -0.325 e. The van der Waals surface area contributed by atoms with Gasteiger partial charge in [0, 0.05) is 53.9 Å². The monoisotopic (exact) mass is 245 g/mol. The standard InChI is InChI=1S/C9H15N3OS2/c10-5-9-11-8(7-14-9)6-12-1-3-15(13)4-2-12/h7H,1-6,10H2. The first-order valence-electron chi connectivity index (χ1n) is 4.98. The maximum atomic E-state index is 11.2. The highest BCUT2D eigenvalue weighted by atomic mass is 32.2. The summed E-state index contributed by atoms with van der Waals surface area (Å²) in [7, 11) is -0.595. The molecular weight excluding hydrogens is 230 g/mol. The lowest BCUT2D eigenvalue weighted by molar-refractivity contribution is 0.288. The maximum Gasteiger partial charge on any atom is 0.106 e. The molecule has 0 saturated carbocycles. The first-order valence-corrected chi connectivity index (χ1v) is 7.35. The summed E-state index contributed by atoms with van der Waals surface area (Å²) in [4.78, 5) is 6.72. The van der Waals surface area contributed by atoms with Crippen molar-refractivity contribution < 1.29 is 4.21 Å². The zero-order chi connectivity index (χ0) is 10.7. The summed E-state index contributed by atoms with van der Waals surface area (Å²) in [6.45, 7) is 3.23. The van der Waals surface area contributed by atoms with Gasteiger partial charge in [-0.3, -0.25) is 9.11 Å². The van der Waals surface area contributed by atoms with Crippen molar-refractivity contribution in [1.29, 1.82) is 0 Å². The van der Waals surface area contributed by atoms with Crippen LogP contribution in [0, 0.1) is 0 Å². The number of thiazole rings is 1. The lowest BCUT2D eigenvalue weighted by Gasteiger charge is -2.25. The van der Waals surface area contributed by atoms with E-state index >= 15 is 0 Å². The van der Waals surface area contributed by atoms with Gasteiger partial charge in [-0.2, -0.15) is 0 Å². The number of hydrogen-bond acceptors (Lipinski definition) is 5. The van der Waals surface area contributed by atoms with Crippen molar-refractivity contribution in [3.05, 3.63) is 16.1 Å². The second-order valence-electron chi connectivity index (χ2n) is 3.56. The third kappa shape index (κ3) is 3.07. The molecule has 0 bridgehead atoms. The molecule has 1 aliphatic rings. The first-order chi connectivity index (χ1) is 7.28. The molecule has 6 heteroatoms. The van der Waals surface area contributed by atoms with Gasteiger partial charge in [0.2, 0.25) is 0 Å². The van der Waals surface area contributed by atoms with Crippen LogP contribution in [0.3, 0.4) is 0 Å². The fraction of sp³-hybridized carbons (Fsp3) is 0.667. The van der Waals surface area contributed by atoms with Crippen LogP contribution in [0.1, 0.15) is 10.7 Å². The van der Waals surface area contributed by atoms with Gasteiger partial charge in [0.1, 0.15) is 5.01 Å². The third-order valence-electron chi connectivity index (χ3n) is 2.43. The minimum absolute atomic E-state index is 0.523. The second kappa shape index (κ2) is 5.16. The molecule has 1 saturated heterocycles. The van der Waals surface area contributed by atoms with Gasteiger partial charge in [-0.25, -0.2) is 4.98 Å². The van der Waals surface area contributed by atoms with Crippen LogP contribution in [0.4, 0.5) is 0 Å². The number of nitrogens with zero attached hydrogens (tertiary/aromatic N) is 2. The van der Waals surface area contributed by atoms with E-state index in [-0.39, 0.29) is 0 Å². The third-order valence-corrected chi connectivity index (χ3v) is 4.63. The van der Waals surface area contributed by atoms with Gasteiger partial charge in [0.15, 0.2) is 0 Å². The topological polar surface area (TPSA) is 59.2 Å². The zero-order valence-corrected chi connectivity index (χ0v) is 10.1. The predicted octanol–water partition coefficient (Wildman–Crippen LogP) is 0.166. The average Bonchev–Trinajstić information content (AvgIpc) is 2.69. The van der Waals surface area contributed by atoms with Crippen LogP contribution < -0.4 is 5.73 Å². The molecule has 0 unspecified atom stereocenters. The van der Waals surface area contributed by atoms with E-state index in [4.69, 9.17) is 5.73 Å². The van der Waals surface area contributed by atoms with Gasteiger partial charge in [-0.05, 0) is 0 Å². The molecule has 2 rings (SSSR count). The van der Waals surface area contributed by atoms with Gasteiger partial charge in [0.25, 0.3) is 0 Å². The second-order valence-corrected chi connectivity index (χ2v) is 6.20. The fourth-order valence-corrected chi connectivity index (χ4v) is 3.37. The van der Waals surface area contributed by atoms with Crippen molar-refractivity contribution in [3.8, 4) is 0 Å². The van der Waals surface area contributed by atoms with E-state index < -0.39 is 10.8 Å². The van der Waals surface area contributed by atoms with Crippen molar-refractivity contribution in [1.82, 2.24) is 9.88 Å². The van der Waals surface area contributed by atoms with E-state index in [1.165, 1.54) is 0 Å². The summed E-state index contributed by atoms with van der Waals surface area (Å²) >= 11 is 1.62. The van der Waals surface area contributed by atoms with Gasteiger partial charge >= 0.3 is 0 Å². The zero-order valence-electron chi connectivity index (χ0n) is 8.52. The average molecular weight is 245 g/mol. The van der Waals surface area contributed by atoms with E-state index in [9.17, 15) is 4.21 Å².